The molecule has 11 nitrogen and oxygen atoms in total. The van der Waals surface area contributed by atoms with Crippen molar-refractivity contribution in [2.45, 2.75) is 59.2 Å². The van der Waals surface area contributed by atoms with Crippen LogP contribution in [0.25, 0.3) is 21.9 Å². The van der Waals surface area contributed by atoms with Crippen molar-refractivity contribution in [3.63, 3.8) is 0 Å². The Morgan fingerprint density at radius 2 is 1.86 bits per heavy atom. The first kappa shape index (κ1) is 31.7. The number of carbonyl (C=O) groups excluding carboxylic acids is 1. The molecule has 0 aliphatic carbocycles. The second kappa shape index (κ2) is 14.3. The fourth-order valence-corrected chi connectivity index (χ4v) is 6.07. The Morgan fingerprint density at radius 3 is 2.57 bits per heavy atom. The van der Waals surface area contributed by atoms with E-state index in [2.05, 4.69) is 10.1 Å². The molecule has 42 heavy (non-hydrogen) atoms. The number of hydrogen-bond acceptors (Lipinski definition) is 9. The molecule has 0 amide bonds. The third kappa shape index (κ3) is 7.59. The number of rotatable bonds is 15. The first-order valence-electron chi connectivity index (χ1n) is 13.9. The Labute approximate surface area is 250 Å². The highest BCUT2D eigenvalue weighted by Crippen LogP contribution is 2.46. The van der Waals surface area contributed by atoms with Crippen LogP contribution in [0, 0.1) is 0 Å². The number of pyridine rings is 1. The van der Waals surface area contributed by atoms with Gasteiger partial charge in [-0.05, 0) is 57.5 Å². The van der Waals surface area contributed by atoms with Gasteiger partial charge >= 0.3 is 13.7 Å². The summed E-state index contributed by atoms with van der Waals surface area (Å²) in [5.74, 6) is 0.600. The molecule has 3 N–H and O–H groups in total. The second-order valence-electron chi connectivity index (χ2n) is 9.81. The first-order chi connectivity index (χ1) is 20.2. The maximum Gasteiger partial charge on any atom is 0.459 e. The number of esters is 1. The van der Waals surface area contributed by atoms with Crippen LogP contribution in [-0.4, -0.2) is 46.4 Å². The van der Waals surface area contributed by atoms with Gasteiger partial charge in [0.05, 0.1) is 30.3 Å². The molecule has 0 aliphatic rings. The lowest BCUT2D eigenvalue weighted by Gasteiger charge is -2.25. The molecule has 0 bridgehead atoms. The maximum atomic E-state index is 14.1. The van der Waals surface area contributed by atoms with Crippen LogP contribution in [0.1, 0.15) is 52.4 Å². The summed E-state index contributed by atoms with van der Waals surface area (Å²) in [4.78, 5) is 21.9. The summed E-state index contributed by atoms with van der Waals surface area (Å²) < 4.78 is 38.9. The van der Waals surface area contributed by atoms with Gasteiger partial charge in [-0.15, -0.1) is 0 Å². The van der Waals surface area contributed by atoms with Gasteiger partial charge in [-0.25, -0.2) is 14.5 Å². The van der Waals surface area contributed by atoms with Gasteiger partial charge in [0, 0.05) is 17.0 Å². The van der Waals surface area contributed by atoms with Gasteiger partial charge in [-0.2, -0.15) is 5.09 Å². The van der Waals surface area contributed by atoms with Gasteiger partial charge in [0.25, 0.3) is 0 Å². The van der Waals surface area contributed by atoms with E-state index in [1.165, 1.54) is 0 Å². The van der Waals surface area contributed by atoms with Crippen molar-refractivity contribution >= 4 is 53.1 Å². The lowest BCUT2D eigenvalue weighted by molar-refractivity contribution is -0.145. The number of imidazole rings is 1. The molecule has 2 heterocycles. The predicted molar refractivity (Wildman–Crippen MR) is 164 cm³/mol. The second-order valence-corrected chi connectivity index (χ2v) is 11.9. The first-order valence-corrected chi connectivity index (χ1v) is 15.8. The van der Waals surface area contributed by atoms with E-state index in [0.29, 0.717) is 34.3 Å². The molecule has 0 unspecified atom stereocenters. The number of carbonyl (C=O) groups is 1. The van der Waals surface area contributed by atoms with E-state index in [-0.39, 0.29) is 25.6 Å². The quantitative estimate of drug-likeness (QED) is 0.0869. The van der Waals surface area contributed by atoms with Crippen molar-refractivity contribution in [2.24, 2.45) is 0 Å². The molecular formula is C29H37ClN5O6P. The molecule has 3 atom stereocenters. The molecule has 4 aromatic rings. The van der Waals surface area contributed by atoms with E-state index in [1.54, 1.807) is 31.2 Å². The molecule has 2 aromatic heterocycles. The van der Waals surface area contributed by atoms with Crippen LogP contribution in [0.15, 0.2) is 48.5 Å². The van der Waals surface area contributed by atoms with Gasteiger partial charge in [0.2, 0.25) is 0 Å². The minimum atomic E-state index is -4.11. The number of fused-ring (bicyclic) bond motifs is 3. The molecule has 0 fully saturated rings. The molecule has 226 valence electrons. The molecule has 0 aliphatic heterocycles. The zero-order valence-electron chi connectivity index (χ0n) is 24.2. The van der Waals surface area contributed by atoms with Gasteiger partial charge in [-0.3, -0.25) is 9.32 Å². The number of unbranched alkanes of at least 4 members (excludes halogenated alkanes) is 1. The number of nitrogens with two attached hydrogens (primary N) is 1. The number of hydrogen-bond donors (Lipinski definition) is 2. The third-order valence-corrected chi connectivity index (χ3v) is 8.37. The van der Waals surface area contributed by atoms with Crippen LogP contribution in [0.5, 0.6) is 5.75 Å². The van der Waals surface area contributed by atoms with E-state index >= 15 is 0 Å². The zero-order valence-corrected chi connectivity index (χ0v) is 25.9. The fraction of sp³-hybridized carbons (Fsp3) is 0.414. The normalized spacial score (nSPS) is 14.5. The SMILES string of the molecule is CCCCOC(=O)[C@H](C)N[P@](=O)(OC[C@@H](C)n1c(COCC)nc2c(N)nc3ccccc3c21)Oc1ccc(Cl)cc1. The van der Waals surface area contributed by atoms with E-state index in [9.17, 15) is 9.36 Å². The minimum absolute atomic E-state index is 0.0728. The highest BCUT2D eigenvalue weighted by atomic mass is 35.5. The summed E-state index contributed by atoms with van der Waals surface area (Å²) >= 11 is 6.02. The summed E-state index contributed by atoms with van der Waals surface area (Å²) in [5.41, 5.74) is 8.33. The molecular weight excluding hydrogens is 581 g/mol. The fourth-order valence-electron chi connectivity index (χ4n) is 4.38. The van der Waals surface area contributed by atoms with Crippen molar-refractivity contribution < 1.29 is 27.9 Å². The summed E-state index contributed by atoms with van der Waals surface area (Å²) in [6.45, 7) is 8.25. The van der Waals surface area contributed by atoms with E-state index in [1.807, 2.05) is 49.6 Å². The van der Waals surface area contributed by atoms with Crippen molar-refractivity contribution in [3.8, 4) is 5.75 Å². The number of aromatic nitrogens is 3. The van der Waals surface area contributed by atoms with Crippen molar-refractivity contribution in [3.05, 3.63) is 59.4 Å². The number of para-hydroxylation sites is 1. The Hall–Kier alpha value is -3.21. The zero-order chi connectivity index (χ0) is 30.3. The minimum Gasteiger partial charge on any atom is -0.465 e. The van der Waals surface area contributed by atoms with Crippen LogP contribution >= 0.6 is 19.3 Å². The topological polar surface area (TPSA) is 140 Å². The summed E-state index contributed by atoms with van der Waals surface area (Å²) in [7, 11) is -4.11. The monoisotopic (exact) mass is 617 g/mol. The predicted octanol–water partition coefficient (Wildman–Crippen LogP) is 6.44. The van der Waals surface area contributed by atoms with E-state index in [0.717, 1.165) is 23.7 Å². The van der Waals surface area contributed by atoms with Crippen LogP contribution in [0.4, 0.5) is 5.82 Å². The van der Waals surface area contributed by atoms with Gasteiger partial charge < -0.3 is 24.3 Å². The molecule has 0 spiro atoms. The van der Waals surface area contributed by atoms with E-state index < -0.39 is 25.8 Å². The van der Waals surface area contributed by atoms with Gasteiger partial charge in [0.1, 0.15) is 29.7 Å². The highest BCUT2D eigenvalue weighted by Gasteiger charge is 2.33. The summed E-state index contributed by atoms with van der Waals surface area (Å²) in [5, 5.41) is 4.07. The molecule has 13 heteroatoms. The molecule has 4 rings (SSSR count). The maximum absolute atomic E-state index is 14.1. The number of ether oxygens (including phenoxy) is 2. The van der Waals surface area contributed by atoms with Gasteiger partial charge in [-0.1, -0.05) is 43.1 Å². The third-order valence-electron chi connectivity index (χ3n) is 6.48. The molecule has 0 saturated heterocycles. The van der Waals surface area contributed by atoms with Crippen molar-refractivity contribution in [1.82, 2.24) is 19.6 Å². The summed E-state index contributed by atoms with van der Waals surface area (Å²) in [6, 6.07) is 12.6. The smallest absolute Gasteiger partial charge is 0.459 e. The average Bonchev–Trinajstić information content (AvgIpc) is 3.36. The van der Waals surface area contributed by atoms with Crippen molar-refractivity contribution in [2.75, 3.05) is 25.6 Å². The molecule has 0 radical (unpaired) electrons. The van der Waals surface area contributed by atoms with Crippen LogP contribution < -0.4 is 15.3 Å². The van der Waals surface area contributed by atoms with Crippen LogP contribution in [-0.2, 0) is 30.0 Å². The Balaban J connectivity index is 1.65. The number of benzene rings is 2. The lowest BCUT2D eigenvalue weighted by Crippen LogP contribution is -2.35. The number of anilines is 1. The number of nitrogens with zero attached hydrogens (tertiary/aromatic N) is 3. The van der Waals surface area contributed by atoms with Crippen molar-refractivity contribution in [1.29, 1.82) is 0 Å². The Morgan fingerprint density at radius 1 is 1.12 bits per heavy atom. The number of nitrogens with one attached hydrogen (secondary N) is 1. The van der Waals surface area contributed by atoms with E-state index in [4.69, 9.17) is 40.8 Å². The lowest BCUT2D eigenvalue weighted by atomic mass is 10.1. The Kier molecular flexibility index (Phi) is 10.8. The number of halogens is 1. The molecule has 0 saturated carbocycles. The average molecular weight is 618 g/mol. The van der Waals surface area contributed by atoms with Crippen LogP contribution in [0.2, 0.25) is 5.02 Å². The molecule has 2 aromatic carbocycles. The largest absolute Gasteiger partial charge is 0.465 e. The van der Waals surface area contributed by atoms with Gasteiger partial charge in [0.15, 0.2) is 5.82 Å². The number of nitrogen functional groups attached to an aromatic ring is 1. The highest BCUT2D eigenvalue weighted by molar-refractivity contribution is 7.52. The van der Waals surface area contributed by atoms with Crippen LogP contribution in [0.3, 0.4) is 0 Å². The Bertz CT molecular complexity index is 1560. The summed E-state index contributed by atoms with van der Waals surface area (Å²) in [6.07, 6.45) is 1.60. The standard InChI is InChI=1S/C29H37ClN5O6P/c1-5-7-16-39-29(36)20(4)34-42(37,41-22-14-12-21(30)13-15-22)40-17-19(3)35-25(18-38-6-2)33-26-27(35)23-10-8-9-11-24(23)32-28(26)31/h8-15,19-20H,5-7,16-18H2,1-4H3,(H2,31,32)(H,34,37)/t19-,20+,42+/m1/s1.